The first-order valence-electron chi connectivity index (χ1n) is 6.90. The molecule has 1 aromatic carbocycles. The standard InChI is InChI=1S/C15H19ClN4O2/c1-4-20-10-11(8-17-20)9-19(2)15(21)18-13-7-12(16)5-6-14(13)22-3/h5-8,10H,4,9H2,1-3H3,(H,18,21). The summed E-state index contributed by atoms with van der Waals surface area (Å²) in [6, 6.07) is 4.83. The third kappa shape index (κ3) is 3.92. The maximum Gasteiger partial charge on any atom is 0.321 e. The predicted molar refractivity (Wildman–Crippen MR) is 86.4 cm³/mol. The number of carbonyl (C=O) groups excluding carboxylic acids is 1. The summed E-state index contributed by atoms with van der Waals surface area (Å²) in [6.07, 6.45) is 3.68. The second-order valence-electron chi connectivity index (χ2n) is 4.84. The Bertz CT molecular complexity index is 657. The van der Waals surface area contributed by atoms with Gasteiger partial charge in [0.05, 0.1) is 25.5 Å². The Morgan fingerprint density at radius 3 is 2.91 bits per heavy atom. The van der Waals surface area contributed by atoms with E-state index in [1.807, 2.05) is 17.8 Å². The number of halogens is 1. The number of ether oxygens (including phenoxy) is 1. The average Bonchev–Trinajstić information content (AvgIpc) is 2.95. The van der Waals surface area contributed by atoms with Crippen LogP contribution in [0.2, 0.25) is 5.02 Å². The van der Waals surface area contributed by atoms with Crippen LogP contribution in [0.15, 0.2) is 30.6 Å². The van der Waals surface area contributed by atoms with Gasteiger partial charge < -0.3 is 15.0 Å². The smallest absolute Gasteiger partial charge is 0.321 e. The number of nitrogens with one attached hydrogen (secondary N) is 1. The highest BCUT2D eigenvalue weighted by Gasteiger charge is 2.13. The van der Waals surface area contributed by atoms with E-state index in [0.29, 0.717) is 23.0 Å². The van der Waals surface area contributed by atoms with E-state index in [0.717, 1.165) is 12.1 Å². The summed E-state index contributed by atoms with van der Waals surface area (Å²) in [5, 5.41) is 7.51. The highest BCUT2D eigenvalue weighted by molar-refractivity contribution is 6.31. The molecule has 1 N–H and O–H groups in total. The van der Waals surface area contributed by atoms with Crippen molar-refractivity contribution < 1.29 is 9.53 Å². The first-order valence-corrected chi connectivity index (χ1v) is 7.28. The average molecular weight is 323 g/mol. The molecule has 0 spiro atoms. The van der Waals surface area contributed by atoms with Crippen LogP contribution in [0.4, 0.5) is 10.5 Å². The summed E-state index contributed by atoms with van der Waals surface area (Å²) in [7, 11) is 3.26. The third-order valence-electron chi connectivity index (χ3n) is 3.18. The lowest BCUT2D eigenvalue weighted by atomic mass is 10.3. The number of rotatable bonds is 5. The molecule has 2 aromatic rings. The number of hydrogen-bond acceptors (Lipinski definition) is 3. The molecule has 0 unspecified atom stereocenters. The van der Waals surface area contributed by atoms with Gasteiger partial charge in [-0.1, -0.05) is 11.6 Å². The fourth-order valence-electron chi connectivity index (χ4n) is 2.00. The van der Waals surface area contributed by atoms with Crippen molar-refractivity contribution in [1.82, 2.24) is 14.7 Å². The maximum absolute atomic E-state index is 12.3. The van der Waals surface area contributed by atoms with Crippen LogP contribution in [0.3, 0.4) is 0 Å². The highest BCUT2D eigenvalue weighted by Crippen LogP contribution is 2.27. The van der Waals surface area contributed by atoms with E-state index in [4.69, 9.17) is 16.3 Å². The van der Waals surface area contributed by atoms with Crippen molar-refractivity contribution in [3.8, 4) is 5.75 Å². The molecule has 6 nitrogen and oxygen atoms in total. The largest absolute Gasteiger partial charge is 0.495 e. The first kappa shape index (κ1) is 16.2. The summed E-state index contributed by atoms with van der Waals surface area (Å²) in [4.78, 5) is 13.8. The van der Waals surface area contributed by atoms with Gasteiger partial charge in [0.2, 0.25) is 0 Å². The number of anilines is 1. The highest BCUT2D eigenvalue weighted by atomic mass is 35.5. The van der Waals surface area contributed by atoms with Gasteiger partial charge in [-0.25, -0.2) is 4.79 Å². The molecule has 0 aliphatic carbocycles. The molecule has 0 saturated carbocycles. The van der Waals surface area contributed by atoms with Crippen molar-refractivity contribution >= 4 is 23.3 Å². The van der Waals surface area contributed by atoms with E-state index < -0.39 is 0 Å². The molecule has 7 heteroatoms. The van der Waals surface area contributed by atoms with Gasteiger partial charge in [0.25, 0.3) is 0 Å². The Hall–Kier alpha value is -2.21. The third-order valence-corrected chi connectivity index (χ3v) is 3.42. The monoisotopic (exact) mass is 322 g/mol. The topological polar surface area (TPSA) is 59.4 Å². The number of urea groups is 1. The lowest BCUT2D eigenvalue weighted by molar-refractivity contribution is 0.220. The molecular formula is C15H19ClN4O2. The fraction of sp³-hybridized carbons (Fsp3) is 0.333. The molecule has 0 aliphatic heterocycles. The Morgan fingerprint density at radius 2 is 2.27 bits per heavy atom. The quantitative estimate of drug-likeness (QED) is 0.919. The number of aromatic nitrogens is 2. The molecule has 22 heavy (non-hydrogen) atoms. The number of carbonyl (C=O) groups is 1. The van der Waals surface area contributed by atoms with Crippen molar-refractivity contribution in [3.05, 3.63) is 41.2 Å². The zero-order valence-electron chi connectivity index (χ0n) is 12.8. The van der Waals surface area contributed by atoms with Gasteiger partial charge in [0.15, 0.2) is 0 Å². The van der Waals surface area contributed by atoms with Crippen LogP contribution in [0.1, 0.15) is 12.5 Å². The number of benzene rings is 1. The van der Waals surface area contributed by atoms with Crippen molar-refractivity contribution in [2.24, 2.45) is 0 Å². The predicted octanol–water partition coefficient (Wildman–Crippen LogP) is 3.23. The summed E-state index contributed by atoms with van der Waals surface area (Å²) < 4.78 is 7.03. The molecule has 118 valence electrons. The number of aryl methyl sites for hydroxylation is 1. The normalized spacial score (nSPS) is 10.4. The fourth-order valence-corrected chi connectivity index (χ4v) is 2.17. The van der Waals surface area contributed by atoms with Crippen molar-refractivity contribution in [1.29, 1.82) is 0 Å². The van der Waals surface area contributed by atoms with Crippen LogP contribution in [-0.4, -0.2) is 34.9 Å². The Kier molecular flexibility index (Phi) is 5.27. The van der Waals surface area contributed by atoms with E-state index in [-0.39, 0.29) is 6.03 Å². The molecule has 1 heterocycles. The number of nitrogens with zero attached hydrogens (tertiary/aromatic N) is 3. The zero-order chi connectivity index (χ0) is 16.1. The van der Waals surface area contributed by atoms with E-state index in [9.17, 15) is 4.79 Å². The van der Waals surface area contributed by atoms with Crippen molar-refractivity contribution in [2.75, 3.05) is 19.5 Å². The molecule has 2 rings (SSSR count). The molecule has 0 aliphatic rings. The van der Waals surface area contributed by atoms with Gasteiger partial charge in [-0.2, -0.15) is 5.10 Å². The zero-order valence-corrected chi connectivity index (χ0v) is 13.6. The van der Waals surface area contributed by atoms with E-state index in [2.05, 4.69) is 10.4 Å². The van der Waals surface area contributed by atoms with Crippen LogP contribution < -0.4 is 10.1 Å². The maximum atomic E-state index is 12.3. The minimum absolute atomic E-state index is 0.246. The Morgan fingerprint density at radius 1 is 1.50 bits per heavy atom. The summed E-state index contributed by atoms with van der Waals surface area (Å²) in [5.41, 5.74) is 1.51. The number of amides is 2. The second-order valence-corrected chi connectivity index (χ2v) is 5.27. The van der Waals surface area contributed by atoms with Gasteiger partial charge in [0.1, 0.15) is 5.75 Å². The lowest BCUT2D eigenvalue weighted by Gasteiger charge is -2.18. The second kappa shape index (κ2) is 7.17. The van der Waals surface area contributed by atoms with Crippen molar-refractivity contribution in [3.63, 3.8) is 0 Å². The minimum Gasteiger partial charge on any atom is -0.495 e. The molecule has 0 atom stereocenters. The van der Waals surface area contributed by atoms with Gasteiger partial charge in [0, 0.05) is 30.4 Å². The molecule has 0 saturated heterocycles. The Labute approximate surface area is 134 Å². The molecule has 0 fully saturated rings. The van der Waals surface area contributed by atoms with E-state index in [1.165, 1.54) is 0 Å². The van der Waals surface area contributed by atoms with Crippen LogP contribution in [0.25, 0.3) is 0 Å². The molecule has 1 aromatic heterocycles. The number of hydrogen-bond donors (Lipinski definition) is 1. The molecule has 0 radical (unpaired) electrons. The minimum atomic E-state index is -0.246. The molecular weight excluding hydrogens is 304 g/mol. The number of methoxy groups -OCH3 is 1. The molecule has 0 bridgehead atoms. The van der Waals surface area contributed by atoms with Crippen LogP contribution >= 0.6 is 11.6 Å². The van der Waals surface area contributed by atoms with E-state index >= 15 is 0 Å². The van der Waals surface area contributed by atoms with Gasteiger partial charge >= 0.3 is 6.03 Å². The van der Waals surface area contributed by atoms with Gasteiger partial charge in [-0.05, 0) is 25.1 Å². The first-order chi connectivity index (χ1) is 10.5. The summed E-state index contributed by atoms with van der Waals surface area (Å²) >= 11 is 5.95. The van der Waals surface area contributed by atoms with Crippen molar-refractivity contribution in [2.45, 2.75) is 20.0 Å². The lowest BCUT2D eigenvalue weighted by Crippen LogP contribution is -2.30. The van der Waals surface area contributed by atoms with Crippen LogP contribution in [0.5, 0.6) is 5.75 Å². The van der Waals surface area contributed by atoms with Crippen LogP contribution in [0, 0.1) is 0 Å². The molecule has 2 amide bonds. The summed E-state index contributed by atoms with van der Waals surface area (Å²) in [5.74, 6) is 0.560. The Balaban J connectivity index is 2.03. The SMILES string of the molecule is CCn1cc(CN(C)C(=O)Nc2cc(Cl)ccc2OC)cn1. The van der Waals surface area contributed by atoms with Gasteiger partial charge in [-0.3, -0.25) is 4.68 Å². The van der Waals surface area contributed by atoms with E-state index in [1.54, 1.807) is 43.5 Å². The summed E-state index contributed by atoms with van der Waals surface area (Å²) in [6.45, 7) is 3.28. The van der Waals surface area contributed by atoms with Crippen LogP contribution in [-0.2, 0) is 13.1 Å². The van der Waals surface area contributed by atoms with Gasteiger partial charge in [-0.15, -0.1) is 0 Å².